The first-order chi connectivity index (χ1) is 6.72. The SMILES string of the molecule is N#CCNc1ccc(OC(F)F)cc1. The molecule has 0 spiro atoms. The molecule has 74 valence electrons. The Bertz CT molecular complexity index is 319. The average molecular weight is 198 g/mol. The van der Waals surface area contributed by atoms with E-state index in [0.717, 1.165) is 0 Å². The minimum Gasteiger partial charge on any atom is -0.435 e. The van der Waals surface area contributed by atoms with E-state index in [2.05, 4.69) is 10.1 Å². The Kier molecular flexibility index (Phi) is 3.68. The van der Waals surface area contributed by atoms with Gasteiger partial charge in [0.2, 0.25) is 0 Å². The van der Waals surface area contributed by atoms with Crippen LogP contribution >= 0.6 is 0 Å². The number of benzene rings is 1. The van der Waals surface area contributed by atoms with Crippen molar-refractivity contribution in [1.82, 2.24) is 0 Å². The number of nitrogens with one attached hydrogen (secondary N) is 1. The van der Waals surface area contributed by atoms with Crippen LogP contribution in [0.3, 0.4) is 0 Å². The molecule has 5 heteroatoms. The molecular weight excluding hydrogens is 190 g/mol. The van der Waals surface area contributed by atoms with Gasteiger partial charge in [0.1, 0.15) is 12.3 Å². The molecule has 1 rings (SSSR count). The van der Waals surface area contributed by atoms with Crippen molar-refractivity contribution in [1.29, 1.82) is 5.26 Å². The van der Waals surface area contributed by atoms with Gasteiger partial charge in [-0.15, -0.1) is 0 Å². The van der Waals surface area contributed by atoms with Crippen LogP contribution in [0.25, 0.3) is 0 Å². The molecule has 0 atom stereocenters. The Morgan fingerprint density at radius 2 is 2.00 bits per heavy atom. The number of rotatable bonds is 4. The third-order valence-corrected chi connectivity index (χ3v) is 1.45. The van der Waals surface area contributed by atoms with Crippen LogP contribution in [0.15, 0.2) is 24.3 Å². The highest BCUT2D eigenvalue weighted by Crippen LogP contribution is 2.17. The van der Waals surface area contributed by atoms with Gasteiger partial charge in [-0.25, -0.2) is 0 Å². The van der Waals surface area contributed by atoms with Crippen molar-refractivity contribution >= 4 is 5.69 Å². The van der Waals surface area contributed by atoms with Gasteiger partial charge in [0.25, 0.3) is 0 Å². The molecule has 0 amide bonds. The largest absolute Gasteiger partial charge is 0.435 e. The van der Waals surface area contributed by atoms with E-state index in [-0.39, 0.29) is 12.3 Å². The van der Waals surface area contributed by atoms with Crippen molar-refractivity contribution in [2.75, 3.05) is 11.9 Å². The first-order valence-corrected chi connectivity index (χ1v) is 3.88. The predicted molar refractivity (Wildman–Crippen MR) is 47.2 cm³/mol. The van der Waals surface area contributed by atoms with E-state index in [0.29, 0.717) is 5.69 Å². The second-order valence-electron chi connectivity index (χ2n) is 2.41. The lowest BCUT2D eigenvalue weighted by molar-refractivity contribution is -0.0498. The van der Waals surface area contributed by atoms with Gasteiger partial charge in [0, 0.05) is 5.69 Å². The third-order valence-electron chi connectivity index (χ3n) is 1.45. The molecule has 0 saturated heterocycles. The van der Waals surface area contributed by atoms with Gasteiger partial charge in [-0.3, -0.25) is 0 Å². The smallest absolute Gasteiger partial charge is 0.387 e. The van der Waals surface area contributed by atoms with Crippen LogP contribution in [0.4, 0.5) is 14.5 Å². The molecule has 0 bridgehead atoms. The number of halogens is 2. The summed E-state index contributed by atoms with van der Waals surface area (Å²) in [5.41, 5.74) is 0.688. The van der Waals surface area contributed by atoms with Crippen LogP contribution in [0.5, 0.6) is 5.75 Å². The zero-order valence-electron chi connectivity index (χ0n) is 7.21. The van der Waals surface area contributed by atoms with Crippen molar-refractivity contribution in [2.45, 2.75) is 6.61 Å². The fraction of sp³-hybridized carbons (Fsp3) is 0.222. The summed E-state index contributed by atoms with van der Waals surface area (Å²) >= 11 is 0. The van der Waals surface area contributed by atoms with E-state index in [1.165, 1.54) is 12.1 Å². The first-order valence-electron chi connectivity index (χ1n) is 3.88. The summed E-state index contributed by atoms with van der Waals surface area (Å²) in [4.78, 5) is 0. The van der Waals surface area contributed by atoms with Crippen LogP contribution in [0.1, 0.15) is 0 Å². The quantitative estimate of drug-likeness (QED) is 0.754. The van der Waals surface area contributed by atoms with Gasteiger partial charge in [0.05, 0.1) is 6.07 Å². The van der Waals surface area contributed by atoms with E-state index in [1.54, 1.807) is 12.1 Å². The summed E-state index contributed by atoms with van der Waals surface area (Å²) in [5, 5.41) is 11.0. The summed E-state index contributed by atoms with van der Waals surface area (Å²) in [7, 11) is 0. The molecule has 14 heavy (non-hydrogen) atoms. The summed E-state index contributed by atoms with van der Waals surface area (Å²) in [6, 6.07) is 7.85. The Balaban J connectivity index is 2.56. The molecule has 0 saturated carbocycles. The number of hydrogen-bond acceptors (Lipinski definition) is 3. The number of anilines is 1. The standard InChI is InChI=1S/C9H8F2N2O/c10-9(11)14-8-3-1-7(2-4-8)13-6-5-12/h1-4,9,13H,6H2. The molecule has 0 aliphatic heterocycles. The molecule has 0 unspecified atom stereocenters. The second kappa shape index (κ2) is 5.02. The molecule has 0 aliphatic rings. The number of nitriles is 1. The Morgan fingerprint density at radius 1 is 1.36 bits per heavy atom. The molecule has 1 N–H and O–H groups in total. The van der Waals surface area contributed by atoms with E-state index in [9.17, 15) is 8.78 Å². The molecule has 0 aromatic heterocycles. The maximum Gasteiger partial charge on any atom is 0.387 e. The Morgan fingerprint density at radius 3 is 2.50 bits per heavy atom. The van der Waals surface area contributed by atoms with Crippen LogP contribution < -0.4 is 10.1 Å². The zero-order valence-corrected chi connectivity index (χ0v) is 7.21. The van der Waals surface area contributed by atoms with Crippen LogP contribution in [-0.2, 0) is 0 Å². The van der Waals surface area contributed by atoms with E-state index < -0.39 is 6.61 Å². The van der Waals surface area contributed by atoms with Gasteiger partial charge in [0.15, 0.2) is 0 Å². The first kappa shape index (κ1) is 10.3. The Hall–Kier alpha value is -1.83. The van der Waals surface area contributed by atoms with Gasteiger partial charge in [-0.05, 0) is 24.3 Å². The minimum absolute atomic E-state index is 0.0995. The maximum absolute atomic E-state index is 11.7. The highest BCUT2D eigenvalue weighted by Gasteiger charge is 2.02. The van der Waals surface area contributed by atoms with Gasteiger partial charge in [-0.1, -0.05) is 0 Å². The summed E-state index contributed by atoms with van der Waals surface area (Å²) < 4.78 is 27.6. The van der Waals surface area contributed by atoms with E-state index in [4.69, 9.17) is 5.26 Å². The van der Waals surface area contributed by atoms with Gasteiger partial charge >= 0.3 is 6.61 Å². The highest BCUT2D eigenvalue weighted by atomic mass is 19.3. The van der Waals surface area contributed by atoms with Crippen molar-refractivity contribution in [2.24, 2.45) is 0 Å². The second-order valence-corrected chi connectivity index (χ2v) is 2.41. The molecule has 0 fully saturated rings. The van der Waals surface area contributed by atoms with Crippen LogP contribution in [0, 0.1) is 11.3 Å². The predicted octanol–water partition coefficient (Wildman–Crippen LogP) is 2.22. The molecule has 1 aromatic carbocycles. The van der Waals surface area contributed by atoms with Crippen molar-refractivity contribution < 1.29 is 13.5 Å². The molecule has 1 aromatic rings. The Labute approximate surface area is 79.9 Å². The minimum atomic E-state index is -2.81. The summed E-state index contributed by atoms with van der Waals surface area (Å²) in [6.45, 7) is -2.64. The van der Waals surface area contributed by atoms with Crippen LogP contribution in [-0.4, -0.2) is 13.2 Å². The van der Waals surface area contributed by atoms with Crippen molar-refractivity contribution in [3.05, 3.63) is 24.3 Å². The third kappa shape index (κ3) is 3.27. The van der Waals surface area contributed by atoms with Crippen molar-refractivity contribution in [3.8, 4) is 11.8 Å². The molecule has 0 aliphatic carbocycles. The summed E-state index contributed by atoms with van der Waals surface area (Å²) in [6.07, 6.45) is 0. The number of ether oxygens (including phenoxy) is 1. The molecule has 3 nitrogen and oxygen atoms in total. The zero-order chi connectivity index (χ0) is 10.4. The molecule has 0 radical (unpaired) electrons. The van der Waals surface area contributed by atoms with E-state index in [1.807, 2.05) is 6.07 Å². The number of hydrogen-bond donors (Lipinski definition) is 1. The molecule has 0 heterocycles. The average Bonchev–Trinajstić information content (AvgIpc) is 2.16. The van der Waals surface area contributed by atoms with E-state index >= 15 is 0 Å². The summed E-state index contributed by atoms with van der Waals surface area (Å²) in [5.74, 6) is 0.0995. The molecular formula is C9H8F2N2O. The fourth-order valence-electron chi connectivity index (χ4n) is 0.896. The topological polar surface area (TPSA) is 45.0 Å². The number of alkyl halides is 2. The maximum atomic E-state index is 11.7. The lowest BCUT2D eigenvalue weighted by Gasteiger charge is -2.05. The van der Waals surface area contributed by atoms with Gasteiger partial charge < -0.3 is 10.1 Å². The van der Waals surface area contributed by atoms with Crippen molar-refractivity contribution in [3.63, 3.8) is 0 Å². The number of nitrogens with zero attached hydrogens (tertiary/aromatic N) is 1. The highest BCUT2D eigenvalue weighted by molar-refractivity contribution is 5.46. The monoisotopic (exact) mass is 198 g/mol. The van der Waals surface area contributed by atoms with Gasteiger partial charge in [-0.2, -0.15) is 14.0 Å². The lowest BCUT2D eigenvalue weighted by Crippen LogP contribution is -2.02. The fourth-order valence-corrected chi connectivity index (χ4v) is 0.896. The van der Waals surface area contributed by atoms with Crippen LogP contribution in [0.2, 0.25) is 0 Å². The lowest BCUT2D eigenvalue weighted by atomic mass is 10.3. The normalized spacial score (nSPS) is 9.57.